The number of aromatic nitrogens is 4. The van der Waals surface area contributed by atoms with Gasteiger partial charge in [-0.2, -0.15) is 10.2 Å². The lowest BCUT2D eigenvalue weighted by Gasteiger charge is -2.07. The van der Waals surface area contributed by atoms with Gasteiger partial charge in [0.25, 0.3) is 5.91 Å². The average molecular weight is 325 g/mol. The molecule has 0 aliphatic heterocycles. The Labute approximate surface area is 137 Å². The van der Waals surface area contributed by atoms with Crippen molar-refractivity contribution in [3.8, 4) is 0 Å². The van der Waals surface area contributed by atoms with Gasteiger partial charge in [-0.05, 0) is 23.8 Å². The third-order valence-corrected chi connectivity index (χ3v) is 3.28. The van der Waals surface area contributed by atoms with E-state index in [9.17, 15) is 9.59 Å². The zero-order valence-corrected chi connectivity index (χ0v) is 12.7. The molecule has 1 aromatic carbocycles. The van der Waals surface area contributed by atoms with Crippen LogP contribution in [0.15, 0.2) is 55.1 Å². The van der Waals surface area contributed by atoms with Gasteiger partial charge in [-0.3, -0.25) is 19.0 Å². The molecule has 0 aliphatic carbocycles. The van der Waals surface area contributed by atoms with Crippen molar-refractivity contribution in [1.82, 2.24) is 19.6 Å². The van der Waals surface area contributed by atoms with Gasteiger partial charge in [-0.15, -0.1) is 0 Å². The highest BCUT2D eigenvalue weighted by atomic mass is 16.4. The van der Waals surface area contributed by atoms with Crippen LogP contribution in [-0.2, 0) is 17.9 Å². The first-order valence-electron chi connectivity index (χ1n) is 7.22. The monoisotopic (exact) mass is 325 g/mol. The predicted molar refractivity (Wildman–Crippen MR) is 85.6 cm³/mol. The molecule has 8 heteroatoms. The second kappa shape index (κ2) is 6.78. The van der Waals surface area contributed by atoms with Crippen LogP contribution in [0.1, 0.15) is 15.9 Å². The zero-order valence-electron chi connectivity index (χ0n) is 12.7. The molecule has 0 spiro atoms. The Morgan fingerprint density at radius 2 is 2.04 bits per heavy atom. The van der Waals surface area contributed by atoms with Crippen molar-refractivity contribution >= 4 is 17.6 Å². The first kappa shape index (κ1) is 15.5. The van der Waals surface area contributed by atoms with Gasteiger partial charge in [-0.25, -0.2) is 0 Å². The van der Waals surface area contributed by atoms with Gasteiger partial charge in [0.2, 0.25) is 0 Å². The topological polar surface area (TPSA) is 102 Å². The van der Waals surface area contributed by atoms with Crippen LogP contribution in [-0.4, -0.2) is 36.5 Å². The minimum absolute atomic E-state index is 0.285. The van der Waals surface area contributed by atoms with Crippen LogP contribution in [0.25, 0.3) is 0 Å². The number of nitrogens with zero attached hydrogens (tertiary/aromatic N) is 4. The van der Waals surface area contributed by atoms with E-state index in [2.05, 4.69) is 15.5 Å². The second-order valence-corrected chi connectivity index (χ2v) is 5.18. The molecule has 0 saturated heterocycles. The van der Waals surface area contributed by atoms with Crippen LogP contribution in [0.4, 0.5) is 5.69 Å². The molecule has 0 fully saturated rings. The summed E-state index contributed by atoms with van der Waals surface area (Å²) < 4.78 is 2.99. The van der Waals surface area contributed by atoms with Crippen molar-refractivity contribution in [2.75, 3.05) is 5.32 Å². The Balaban J connectivity index is 1.68. The number of benzene rings is 1. The quantitative estimate of drug-likeness (QED) is 0.714. The first-order valence-corrected chi connectivity index (χ1v) is 7.22. The van der Waals surface area contributed by atoms with Gasteiger partial charge in [-0.1, -0.05) is 12.1 Å². The SMILES string of the molecule is O=C(O)Cn1cc(C(=O)Nc2cccc(Cn3cccn3)c2)cn1. The van der Waals surface area contributed by atoms with E-state index in [1.54, 1.807) is 16.9 Å². The lowest BCUT2D eigenvalue weighted by atomic mass is 10.2. The molecule has 24 heavy (non-hydrogen) atoms. The standard InChI is InChI=1S/C16H15N5O3/c22-15(23)11-21-10-13(8-18-21)16(24)19-14-4-1-3-12(7-14)9-20-6-2-5-17-20/h1-8,10H,9,11H2,(H,19,24)(H,22,23). The summed E-state index contributed by atoms with van der Waals surface area (Å²) >= 11 is 0. The van der Waals surface area contributed by atoms with Crippen molar-refractivity contribution in [3.63, 3.8) is 0 Å². The second-order valence-electron chi connectivity index (χ2n) is 5.18. The van der Waals surface area contributed by atoms with E-state index in [-0.39, 0.29) is 12.5 Å². The fourth-order valence-corrected chi connectivity index (χ4v) is 2.24. The molecule has 0 unspecified atom stereocenters. The van der Waals surface area contributed by atoms with Gasteiger partial charge >= 0.3 is 5.97 Å². The number of rotatable bonds is 6. The highest BCUT2D eigenvalue weighted by molar-refractivity contribution is 6.04. The van der Waals surface area contributed by atoms with Crippen molar-refractivity contribution in [2.24, 2.45) is 0 Å². The number of anilines is 1. The average Bonchev–Trinajstić information content (AvgIpc) is 3.19. The fourth-order valence-electron chi connectivity index (χ4n) is 2.24. The molecule has 2 heterocycles. The minimum Gasteiger partial charge on any atom is -0.480 e. The summed E-state index contributed by atoms with van der Waals surface area (Å²) in [6, 6.07) is 9.29. The Kier molecular flexibility index (Phi) is 4.37. The van der Waals surface area contributed by atoms with E-state index in [1.807, 2.05) is 30.5 Å². The largest absolute Gasteiger partial charge is 0.480 e. The van der Waals surface area contributed by atoms with Gasteiger partial charge < -0.3 is 10.4 Å². The normalized spacial score (nSPS) is 10.5. The van der Waals surface area contributed by atoms with Crippen molar-refractivity contribution in [3.05, 3.63) is 66.2 Å². The molecule has 3 rings (SSSR count). The summed E-state index contributed by atoms with van der Waals surface area (Å²) in [5.41, 5.74) is 1.95. The van der Waals surface area contributed by atoms with Crippen LogP contribution in [0.5, 0.6) is 0 Å². The third kappa shape index (κ3) is 3.86. The van der Waals surface area contributed by atoms with Crippen molar-refractivity contribution in [1.29, 1.82) is 0 Å². The number of carboxylic acid groups (broad SMARTS) is 1. The molecular formula is C16H15N5O3. The molecule has 0 radical (unpaired) electrons. The summed E-state index contributed by atoms with van der Waals surface area (Å²) in [5.74, 6) is -1.36. The van der Waals surface area contributed by atoms with E-state index >= 15 is 0 Å². The van der Waals surface area contributed by atoms with E-state index in [0.29, 0.717) is 17.8 Å². The molecule has 8 nitrogen and oxygen atoms in total. The summed E-state index contributed by atoms with van der Waals surface area (Å²) in [7, 11) is 0. The Hall–Kier alpha value is -3.42. The molecule has 0 atom stereocenters. The van der Waals surface area contributed by atoms with Crippen LogP contribution in [0, 0.1) is 0 Å². The van der Waals surface area contributed by atoms with Crippen LogP contribution in [0.2, 0.25) is 0 Å². The van der Waals surface area contributed by atoms with E-state index in [4.69, 9.17) is 5.11 Å². The molecular weight excluding hydrogens is 310 g/mol. The number of aliphatic carboxylic acids is 1. The number of carboxylic acids is 1. The van der Waals surface area contributed by atoms with Gasteiger partial charge in [0.15, 0.2) is 0 Å². The Morgan fingerprint density at radius 1 is 1.17 bits per heavy atom. The molecule has 1 amide bonds. The Bertz CT molecular complexity index is 854. The molecule has 122 valence electrons. The molecule has 0 aliphatic rings. The fraction of sp³-hybridized carbons (Fsp3) is 0.125. The number of hydrogen-bond donors (Lipinski definition) is 2. The number of carbonyl (C=O) groups is 2. The lowest BCUT2D eigenvalue weighted by Crippen LogP contribution is -2.12. The Morgan fingerprint density at radius 3 is 2.79 bits per heavy atom. The minimum atomic E-state index is -1.02. The maximum atomic E-state index is 12.2. The molecule has 2 aromatic heterocycles. The first-order chi connectivity index (χ1) is 11.6. The van der Waals surface area contributed by atoms with Gasteiger partial charge in [0.1, 0.15) is 6.54 Å². The maximum absolute atomic E-state index is 12.2. The van der Waals surface area contributed by atoms with Crippen molar-refractivity contribution < 1.29 is 14.7 Å². The summed E-state index contributed by atoms with van der Waals surface area (Å²) in [6.07, 6.45) is 6.31. The van der Waals surface area contributed by atoms with Crippen LogP contribution in [0.3, 0.4) is 0 Å². The summed E-state index contributed by atoms with van der Waals surface area (Å²) in [6.45, 7) is 0.319. The number of carbonyl (C=O) groups excluding carboxylic acids is 1. The smallest absolute Gasteiger partial charge is 0.325 e. The summed E-state index contributed by atoms with van der Waals surface area (Å²) in [5, 5.41) is 19.5. The van der Waals surface area contributed by atoms with Gasteiger partial charge in [0.05, 0.1) is 18.3 Å². The highest BCUT2D eigenvalue weighted by Crippen LogP contribution is 2.13. The number of amides is 1. The highest BCUT2D eigenvalue weighted by Gasteiger charge is 2.10. The molecule has 0 saturated carbocycles. The molecule has 0 bridgehead atoms. The van der Waals surface area contributed by atoms with E-state index in [0.717, 1.165) is 5.56 Å². The van der Waals surface area contributed by atoms with Crippen LogP contribution >= 0.6 is 0 Å². The lowest BCUT2D eigenvalue weighted by molar-refractivity contribution is -0.137. The third-order valence-electron chi connectivity index (χ3n) is 3.28. The van der Waals surface area contributed by atoms with E-state index < -0.39 is 5.97 Å². The predicted octanol–water partition coefficient (Wildman–Crippen LogP) is 1.46. The summed E-state index contributed by atoms with van der Waals surface area (Å²) in [4.78, 5) is 22.9. The zero-order chi connectivity index (χ0) is 16.9. The van der Waals surface area contributed by atoms with Crippen molar-refractivity contribution in [2.45, 2.75) is 13.1 Å². The number of nitrogens with one attached hydrogen (secondary N) is 1. The molecule has 3 aromatic rings. The van der Waals surface area contributed by atoms with E-state index in [1.165, 1.54) is 17.1 Å². The van der Waals surface area contributed by atoms with Gasteiger partial charge in [0, 0.05) is 24.3 Å². The van der Waals surface area contributed by atoms with Crippen LogP contribution < -0.4 is 5.32 Å². The molecule has 2 N–H and O–H groups in total. The number of hydrogen-bond acceptors (Lipinski definition) is 4. The maximum Gasteiger partial charge on any atom is 0.325 e.